The minimum atomic E-state index is -0.420. The van der Waals surface area contributed by atoms with E-state index in [1.54, 1.807) is 0 Å². The minimum absolute atomic E-state index is 0.0876. The highest BCUT2D eigenvalue weighted by Crippen LogP contribution is 2.31. The van der Waals surface area contributed by atoms with Crippen LogP contribution in [0.4, 0.5) is 8.78 Å². The second kappa shape index (κ2) is 9.02. The fourth-order valence-electron chi connectivity index (χ4n) is 4.79. The summed E-state index contributed by atoms with van der Waals surface area (Å²) in [6.45, 7) is 3.66. The first-order valence-corrected chi connectivity index (χ1v) is 12.2. The number of nitrogens with zero attached hydrogens (tertiary/aromatic N) is 2. The summed E-state index contributed by atoms with van der Waals surface area (Å²) >= 11 is 0. The van der Waals surface area contributed by atoms with Gasteiger partial charge in [0.2, 0.25) is 11.9 Å². The fraction of sp³-hybridized carbons (Fsp3) is 0.333. The van der Waals surface area contributed by atoms with Gasteiger partial charge in [-0.05, 0) is 42.9 Å². The zero-order valence-corrected chi connectivity index (χ0v) is 19.5. The van der Waals surface area contributed by atoms with Gasteiger partial charge in [0.25, 0.3) is 0 Å². The van der Waals surface area contributed by atoms with E-state index in [4.69, 9.17) is 0 Å². The van der Waals surface area contributed by atoms with Gasteiger partial charge < -0.3 is 20.6 Å². The normalized spacial score (nSPS) is 21.5. The minimum Gasteiger partial charge on any atom is -0.317 e. The van der Waals surface area contributed by atoms with Gasteiger partial charge in [0.05, 0.1) is 12.6 Å². The van der Waals surface area contributed by atoms with E-state index < -0.39 is 11.9 Å². The first-order chi connectivity index (χ1) is 17.0. The lowest BCUT2D eigenvalue weighted by atomic mass is 10.0. The van der Waals surface area contributed by atoms with Crippen molar-refractivity contribution in [1.82, 2.24) is 30.6 Å². The maximum atomic E-state index is 14.5. The summed E-state index contributed by atoms with van der Waals surface area (Å²) in [6, 6.07) is 15.9. The van der Waals surface area contributed by atoms with Crippen LogP contribution in [0, 0.1) is 17.8 Å². The van der Waals surface area contributed by atoms with Crippen molar-refractivity contribution in [3.8, 4) is 33.6 Å². The van der Waals surface area contributed by atoms with E-state index in [0.717, 1.165) is 48.1 Å². The smallest absolute Gasteiger partial charge is 0.219 e. The number of benzene rings is 2. The number of aromatic amines is 2. The summed E-state index contributed by atoms with van der Waals surface area (Å²) in [5.41, 5.74) is 4.08. The molecule has 6 nitrogen and oxygen atoms in total. The number of hydrogen-bond donors (Lipinski definition) is 4. The Morgan fingerprint density at radius 2 is 1.43 bits per heavy atom. The Morgan fingerprint density at radius 1 is 0.857 bits per heavy atom. The predicted octanol–water partition coefficient (Wildman–Crippen LogP) is 5.33. The summed E-state index contributed by atoms with van der Waals surface area (Å²) in [4.78, 5) is 14.5. The zero-order chi connectivity index (χ0) is 23.9. The zero-order valence-electron chi connectivity index (χ0n) is 19.5. The third-order valence-electron chi connectivity index (χ3n) is 7.07. The Kier molecular flexibility index (Phi) is 5.70. The molecule has 3 atom stereocenters. The molecule has 4 aromatic rings. The van der Waals surface area contributed by atoms with Crippen molar-refractivity contribution < 1.29 is 8.78 Å². The van der Waals surface area contributed by atoms with Gasteiger partial charge in [-0.2, -0.15) is 8.78 Å². The van der Waals surface area contributed by atoms with Crippen LogP contribution < -0.4 is 10.6 Å². The molecule has 1 aliphatic heterocycles. The second-order valence-electron chi connectivity index (χ2n) is 9.63. The van der Waals surface area contributed by atoms with Crippen molar-refractivity contribution in [3.63, 3.8) is 0 Å². The Balaban J connectivity index is 1.16. The van der Waals surface area contributed by atoms with E-state index in [-0.39, 0.29) is 6.04 Å². The molecule has 1 saturated heterocycles. The van der Waals surface area contributed by atoms with Gasteiger partial charge in [0.15, 0.2) is 0 Å². The molecule has 180 valence electrons. The summed E-state index contributed by atoms with van der Waals surface area (Å²) in [5, 5.41) is 6.72. The van der Waals surface area contributed by atoms with Crippen LogP contribution in [-0.2, 0) is 6.54 Å². The van der Waals surface area contributed by atoms with Gasteiger partial charge in [-0.1, -0.05) is 55.5 Å². The highest BCUT2D eigenvalue weighted by atomic mass is 19.1. The molecular weight excluding hydrogens is 446 g/mol. The molecule has 3 heterocycles. The van der Waals surface area contributed by atoms with Crippen LogP contribution in [0.25, 0.3) is 33.6 Å². The third kappa shape index (κ3) is 4.51. The topological polar surface area (TPSA) is 81.4 Å². The summed E-state index contributed by atoms with van der Waals surface area (Å²) in [6.07, 6.45) is 3.19. The van der Waals surface area contributed by atoms with Crippen LogP contribution in [-0.4, -0.2) is 32.5 Å². The largest absolute Gasteiger partial charge is 0.317 e. The quantitative estimate of drug-likeness (QED) is 0.292. The fourth-order valence-corrected chi connectivity index (χ4v) is 4.79. The molecule has 35 heavy (non-hydrogen) atoms. The van der Waals surface area contributed by atoms with Gasteiger partial charge in [-0.15, -0.1) is 0 Å². The first-order valence-electron chi connectivity index (χ1n) is 12.2. The van der Waals surface area contributed by atoms with Gasteiger partial charge >= 0.3 is 0 Å². The van der Waals surface area contributed by atoms with Crippen LogP contribution in [0.5, 0.6) is 0 Å². The van der Waals surface area contributed by atoms with Crippen molar-refractivity contribution in [2.75, 3.05) is 6.54 Å². The number of H-pyrrole nitrogens is 2. The maximum absolute atomic E-state index is 14.5. The molecule has 0 amide bonds. The molecule has 4 N–H and O–H groups in total. The second-order valence-corrected chi connectivity index (χ2v) is 9.63. The highest BCUT2D eigenvalue weighted by Gasteiger charge is 2.32. The van der Waals surface area contributed by atoms with Crippen LogP contribution in [0.15, 0.2) is 48.5 Å². The van der Waals surface area contributed by atoms with Gasteiger partial charge in [-0.25, -0.2) is 9.97 Å². The monoisotopic (exact) mass is 474 g/mol. The van der Waals surface area contributed by atoms with Gasteiger partial charge in [0, 0.05) is 17.2 Å². The summed E-state index contributed by atoms with van der Waals surface area (Å²) < 4.78 is 29.0. The lowest BCUT2D eigenvalue weighted by Crippen LogP contribution is -2.17. The van der Waals surface area contributed by atoms with Crippen LogP contribution in [0.3, 0.4) is 0 Å². The van der Waals surface area contributed by atoms with Crippen molar-refractivity contribution >= 4 is 0 Å². The Morgan fingerprint density at radius 3 is 2.00 bits per heavy atom. The van der Waals surface area contributed by atoms with Crippen molar-refractivity contribution in [2.45, 2.75) is 44.8 Å². The SMILES string of the molecule is CC1C[C@H]1NCc1nc(-c2ccc(-c3ccc(-c4nc(C5CCCN5)[nH]c4F)cc3)cc2)c(F)[nH]1. The molecule has 0 bridgehead atoms. The molecule has 1 saturated carbocycles. The first kappa shape index (κ1) is 22.1. The molecule has 2 aromatic carbocycles. The average Bonchev–Trinajstić information content (AvgIpc) is 3.28. The van der Waals surface area contributed by atoms with Crippen molar-refractivity contribution in [1.29, 1.82) is 0 Å². The molecule has 2 fully saturated rings. The van der Waals surface area contributed by atoms with Gasteiger partial charge in [0.1, 0.15) is 23.0 Å². The van der Waals surface area contributed by atoms with E-state index >= 15 is 0 Å². The van der Waals surface area contributed by atoms with E-state index in [0.29, 0.717) is 41.5 Å². The number of nitrogens with one attached hydrogen (secondary N) is 4. The molecule has 8 heteroatoms. The van der Waals surface area contributed by atoms with Crippen molar-refractivity contribution in [3.05, 3.63) is 72.1 Å². The van der Waals surface area contributed by atoms with Crippen molar-refractivity contribution in [2.24, 2.45) is 5.92 Å². The molecule has 2 unspecified atom stereocenters. The van der Waals surface area contributed by atoms with E-state index in [9.17, 15) is 8.78 Å². The Labute approximate surface area is 202 Å². The Hall–Kier alpha value is -3.36. The molecule has 6 rings (SSSR count). The summed E-state index contributed by atoms with van der Waals surface area (Å²) in [7, 11) is 0. The molecule has 2 aliphatic rings. The van der Waals surface area contributed by atoms with E-state index in [1.807, 2.05) is 48.5 Å². The Bertz CT molecular complexity index is 1320. The lowest BCUT2D eigenvalue weighted by molar-refractivity contribution is 0.567. The van der Waals surface area contributed by atoms with Crippen LogP contribution >= 0.6 is 0 Å². The standard InChI is InChI=1S/C27H28F2N6/c1-15-13-21(15)31-14-22-32-23(25(28)33-22)18-8-4-16(5-9-18)17-6-10-19(11-7-17)24-26(29)35-27(34-24)20-3-2-12-30-20/h4-11,15,20-21,30-31H,2-3,12-14H2,1H3,(H,32,33)(H,34,35)/t15?,20?,21-/m1/s1. The number of halogens is 2. The molecule has 2 aromatic heterocycles. The molecule has 0 spiro atoms. The van der Waals surface area contributed by atoms with E-state index in [1.165, 1.54) is 0 Å². The molecule has 0 radical (unpaired) electrons. The number of aromatic nitrogens is 4. The lowest BCUT2D eigenvalue weighted by Gasteiger charge is -2.06. The molecular formula is C27H28F2N6. The number of imidazole rings is 2. The average molecular weight is 475 g/mol. The molecule has 1 aliphatic carbocycles. The van der Waals surface area contributed by atoms with Gasteiger partial charge in [-0.3, -0.25) is 0 Å². The van der Waals surface area contributed by atoms with Crippen LogP contribution in [0.2, 0.25) is 0 Å². The summed E-state index contributed by atoms with van der Waals surface area (Å²) in [5.74, 6) is 1.11. The predicted molar refractivity (Wildman–Crippen MR) is 131 cm³/mol. The van der Waals surface area contributed by atoms with E-state index in [2.05, 4.69) is 37.5 Å². The third-order valence-corrected chi connectivity index (χ3v) is 7.07. The number of hydrogen-bond acceptors (Lipinski definition) is 4. The highest BCUT2D eigenvalue weighted by molar-refractivity contribution is 5.71. The maximum Gasteiger partial charge on any atom is 0.219 e. The van der Waals surface area contributed by atoms with Crippen LogP contribution in [0.1, 0.15) is 43.9 Å². The number of rotatable bonds is 7.